The van der Waals surface area contributed by atoms with Crippen LogP contribution in [-0.4, -0.2) is 15.6 Å². The SMILES string of the molecule is CC1(C(=O)c2cnn(-c3ccccc3)c2)CCCCC1. The molecule has 0 unspecified atom stereocenters. The van der Waals surface area contributed by atoms with Crippen LogP contribution in [0.3, 0.4) is 0 Å². The van der Waals surface area contributed by atoms with Crippen LogP contribution >= 0.6 is 0 Å². The molecule has 2 aromatic rings. The van der Waals surface area contributed by atoms with Crippen molar-refractivity contribution in [3.63, 3.8) is 0 Å². The third kappa shape index (κ3) is 2.40. The molecular formula is C17H20N2O. The van der Waals surface area contributed by atoms with Gasteiger partial charge in [0.2, 0.25) is 0 Å². The zero-order valence-electron chi connectivity index (χ0n) is 11.9. The molecule has 1 aromatic carbocycles. The second kappa shape index (κ2) is 5.23. The van der Waals surface area contributed by atoms with E-state index in [1.165, 1.54) is 6.42 Å². The monoisotopic (exact) mass is 268 g/mol. The molecule has 104 valence electrons. The topological polar surface area (TPSA) is 34.9 Å². The van der Waals surface area contributed by atoms with E-state index in [1.54, 1.807) is 10.9 Å². The molecule has 1 aliphatic carbocycles. The molecule has 1 aliphatic rings. The van der Waals surface area contributed by atoms with E-state index in [9.17, 15) is 4.79 Å². The lowest BCUT2D eigenvalue weighted by Gasteiger charge is -2.31. The molecule has 0 bridgehead atoms. The van der Waals surface area contributed by atoms with Gasteiger partial charge >= 0.3 is 0 Å². The summed E-state index contributed by atoms with van der Waals surface area (Å²) >= 11 is 0. The fraction of sp³-hybridized carbons (Fsp3) is 0.412. The smallest absolute Gasteiger partial charge is 0.171 e. The largest absolute Gasteiger partial charge is 0.293 e. The molecule has 20 heavy (non-hydrogen) atoms. The summed E-state index contributed by atoms with van der Waals surface area (Å²) in [5.74, 6) is 0.249. The highest BCUT2D eigenvalue weighted by molar-refractivity contribution is 6.00. The maximum absolute atomic E-state index is 12.7. The van der Waals surface area contributed by atoms with Crippen LogP contribution in [-0.2, 0) is 0 Å². The summed E-state index contributed by atoms with van der Waals surface area (Å²) in [4.78, 5) is 12.7. The molecule has 0 spiro atoms. The van der Waals surface area contributed by atoms with Gasteiger partial charge in [-0.25, -0.2) is 4.68 Å². The van der Waals surface area contributed by atoms with E-state index < -0.39 is 0 Å². The highest BCUT2D eigenvalue weighted by atomic mass is 16.1. The third-order valence-corrected chi connectivity index (χ3v) is 4.37. The van der Waals surface area contributed by atoms with Crippen LogP contribution in [0, 0.1) is 5.41 Å². The van der Waals surface area contributed by atoms with Crippen molar-refractivity contribution in [1.29, 1.82) is 0 Å². The van der Waals surface area contributed by atoms with E-state index in [2.05, 4.69) is 12.0 Å². The highest BCUT2D eigenvalue weighted by Gasteiger charge is 2.35. The number of carbonyl (C=O) groups excluding carboxylic acids is 1. The first-order valence-corrected chi connectivity index (χ1v) is 7.34. The van der Waals surface area contributed by atoms with Gasteiger partial charge in [0.1, 0.15) is 0 Å². The Kier molecular flexibility index (Phi) is 3.43. The molecule has 0 radical (unpaired) electrons. The van der Waals surface area contributed by atoms with Gasteiger partial charge in [0.15, 0.2) is 5.78 Å². The first-order chi connectivity index (χ1) is 9.69. The van der Waals surface area contributed by atoms with E-state index in [4.69, 9.17) is 0 Å². The summed E-state index contributed by atoms with van der Waals surface area (Å²) in [6, 6.07) is 9.90. The van der Waals surface area contributed by atoms with Crippen LogP contribution in [0.1, 0.15) is 49.4 Å². The third-order valence-electron chi connectivity index (χ3n) is 4.37. The molecule has 1 aromatic heterocycles. The second-order valence-corrected chi connectivity index (χ2v) is 5.96. The minimum atomic E-state index is -0.192. The number of rotatable bonds is 3. The van der Waals surface area contributed by atoms with Gasteiger partial charge in [-0.15, -0.1) is 0 Å². The van der Waals surface area contributed by atoms with Gasteiger partial charge in [0.25, 0.3) is 0 Å². The summed E-state index contributed by atoms with van der Waals surface area (Å²) in [7, 11) is 0. The van der Waals surface area contributed by atoms with Gasteiger partial charge in [0.05, 0.1) is 17.4 Å². The van der Waals surface area contributed by atoms with Crippen LogP contribution in [0.25, 0.3) is 5.69 Å². The Hall–Kier alpha value is -1.90. The van der Waals surface area contributed by atoms with E-state index >= 15 is 0 Å². The molecule has 1 fully saturated rings. The van der Waals surface area contributed by atoms with Crippen LogP contribution < -0.4 is 0 Å². The maximum Gasteiger partial charge on any atom is 0.171 e. The molecular weight excluding hydrogens is 248 g/mol. The minimum absolute atomic E-state index is 0.192. The van der Waals surface area contributed by atoms with E-state index in [-0.39, 0.29) is 11.2 Å². The summed E-state index contributed by atoms with van der Waals surface area (Å²) in [5, 5.41) is 4.33. The zero-order valence-corrected chi connectivity index (χ0v) is 11.9. The van der Waals surface area contributed by atoms with E-state index in [0.29, 0.717) is 0 Å². The molecule has 0 saturated heterocycles. The normalized spacial score (nSPS) is 17.9. The van der Waals surface area contributed by atoms with Crippen LogP contribution in [0.4, 0.5) is 0 Å². The average molecular weight is 268 g/mol. The van der Waals surface area contributed by atoms with Gasteiger partial charge in [-0.3, -0.25) is 4.79 Å². The number of Topliss-reactive ketones (excluding diaryl/α,β-unsaturated/α-hetero) is 1. The molecule has 1 heterocycles. The summed E-state index contributed by atoms with van der Waals surface area (Å²) in [6.07, 6.45) is 9.15. The molecule has 3 rings (SSSR count). The number of benzene rings is 1. The van der Waals surface area contributed by atoms with Gasteiger partial charge in [-0.05, 0) is 25.0 Å². The number of nitrogens with zero attached hydrogens (tertiary/aromatic N) is 2. The molecule has 0 aliphatic heterocycles. The maximum atomic E-state index is 12.7. The molecule has 1 saturated carbocycles. The fourth-order valence-corrected chi connectivity index (χ4v) is 3.07. The number of ketones is 1. The number of para-hydroxylation sites is 1. The zero-order chi connectivity index (χ0) is 14.0. The lowest BCUT2D eigenvalue weighted by molar-refractivity contribution is 0.0749. The standard InChI is InChI=1S/C17H20N2O/c1-17(10-6-3-7-11-17)16(20)14-12-18-19(13-14)15-8-4-2-5-9-15/h2,4-5,8-9,12-13H,3,6-7,10-11H2,1H3. The van der Waals surface area contributed by atoms with Crippen molar-refractivity contribution in [2.45, 2.75) is 39.0 Å². The van der Waals surface area contributed by atoms with Crippen molar-refractivity contribution in [2.75, 3.05) is 0 Å². The minimum Gasteiger partial charge on any atom is -0.293 e. The molecule has 0 atom stereocenters. The first kappa shape index (κ1) is 13.1. The van der Waals surface area contributed by atoms with Crippen LogP contribution in [0.2, 0.25) is 0 Å². The summed E-state index contributed by atoms with van der Waals surface area (Å²) in [6.45, 7) is 2.11. The molecule has 3 heteroatoms. The van der Waals surface area contributed by atoms with Crippen molar-refractivity contribution in [1.82, 2.24) is 9.78 Å². The predicted octanol–water partition coefficient (Wildman–Crippen LogP) is 4.03. The van der Waals surface area contributed by atoms with Crippen molar-refractivity contribution < 1.29 is 4.79 Å². The predicted molar refractivity (Wildman–Crippen MR) is 79.1 cm³/mol. The quantitative estimate of drug-likeness (QED) is 0.788. The lowest BCUT2D eigenvalue weighted by Crippen LogP contribution is -2.30. The first-order valence-electron chi connectivity index (χ1n) is 7.34. The van der Waals surface area contributed by atoms with Crippen molar-refractivity contribution >= 4 is 5.78 Å². The Labute approximate surface area is 119 Å². The Bertz CT molecular complexity index is 594. The van der Waals surface area contributed by atoms with Gasteiger partial charge < -0.3 is 0 Å². The van der Waals surface area contributed by atoms with Gasteiger partial charge in [-0.1, -0.05) is 44.4 Å². The second-order valence-electron chi connectivity index (χ2n) is 5.96. The summed E-state index contributed by atoms with van der Waals surface area (Å²) < 4.78 is 1.78. The number of carbonyl (C=O) groups is 1. The number of hydrogen-bond donors (Lipinski definition) is 0. The van der Waals surface area contributed by atoms with Gasteiger partial charge in [-0.2, -0.15) is 5.10 Å². The summed E-state index contributed by atoms with van der Waals surface area (Å²) in [5.41, 5.74) is 1.53. The molecule has 0 N–H and O–H groups in total. The van der Waals surface area contributed by atoms with Crippen LogP contribution in [0.15, 0.2) is 42.7 Å². The van der Waals surface area contributed by atoms with Crippen LogP contribution in [0.5, 0.6) is 0 Å². The average Bonchev–Trinajstić information content (AvgIpc) is 2.98. The Morgan fingerprint density at radius 2 is 1.85 bits per heavy atom. The van der Waals surface area contributed by atoms with Gasteiger partial charge in [0, 0.05) is 11.6 Å². The Morgan fingerprint density at radius 3 is 2.55 bits per heavy atom. The van der Waals surface area contributed by atoms with Crippen molar-refractivity contribution in [3.8, 4) is 5.69 Å². The van der Waals surface area contributed by atoms with Crippen molar-refractivity contribution in [3.05, 3.63) is 48.3 Å². The molecule has 0 amide bonds. The Morgan fingerprint density at radius 1 is 1.15 bits per heavy atom. The number of aromatic nitrogens is 2. The van der Waals surface area contributed by atoms with E-state index in [1.807, 2.05) is 36.5 Å². The van der Waals surface area contributed by atoms with Crippen molar-refractivity contribution in [2.24, 2.45) is 5.41 Å². The molecule has 3 nitrogen and oxygen atoms in total. The highest BCUT2D eigenvalue weighted by Crippen LogP contribution is 2.38. The number of hydrogen-bond acceptors (Lipinski definition) is 2. The fourth-order valence-electron chi connectivity index (χ4n) is 3.07. The Balaban J connectivity index is 1.85. The lowest BCUT2D eigenvalue weighted by atomic mass is 9.71. The van der Waals surface area contributed by atoms with E-state index in [0.717, 1.165) is 36.9 Å².